The maximum Gasteiger partial charge on any atom is 0.416 e. The molecule has 6 heteroatoms. The van der Waals surface area contributed by atoms with E-state index >= 15 is 0 Å². The summed E-state index contributed by atoms with van der Waals surface area (Å²) in [4.78, 5) is 3.83. The average Bonchev–Trinajstić information content (AvgIpc) is 2.37. The number of aliphatic hydroxyl groups is 1. The van der Waals surface area contributed by atoms with Gasteiger partial charge >= 0.3 is 6.18 Å². The molecule has 100 valence electrons. The molecule has 1 heterocycles. The molecule has 1 aromatic heterocycles. The molecule has 19 heavy (non-hydrogen) atoms. The molecule has 0 saturated carbocycles. The maximum atomic E-state index is 12.9. The monoisotopic (exact) mass is 331 g/mol. The summed E-state index contributed by atoms with van der Waals surface area (Å²) in [7, 11) is 0. The minimum atomic E-state index is -4.50. The van der Waals surface area contributed by atoms with Crippen molar-refractivity contribution in [2.75, 3.05) is 0 Å². The van der Waals surface area contributed by atoms with Crippen molar-refractivity contribution in [3.63, 3.8) is 0 Å². The Bertz CT molecular complexity index is 586. The summed E-state index contributed by atoms with van der Waals surface area (Å²) >= 11 is 3.17. The largest absolute Gasteiger partial charge is 0.416 e. The van der Waals surface area contributed by atoms with E-state index < -0.39 is 17.8 Å². The van der Waals surface area contributed by atoms with Crippen LogP contribution in [0.1, 0.15) is 22.8 Å². The first-order valence-electron chi connectivity index (χ1n) is 5.34. The van der Waals surface area contributed by atoms with Gasteiger partial charge in [0.05, 0.1) is 5.56 Å². The molecule has 0 spiro atoms. The van der Waals surface area contributed by atoms with Crippen LogP contribution in [0, 0.1) is 0 Å². The Labute approximate surface area is 116 Å². The van der Waals surface area contributed by atoms with E-state index in [0.717, 1.165) is 6.07 Å². The second kappa shape index (κ2) is 5.30. The van der Waals surface area contributed by atoms with Gasteiger partial charge < -0.3 is 5.11 Å². The third kappa shape index (κ3) is 3.13. The summed E-state index contributed by atoms with van der Waals surface area (Å²) in [6, 6.07) is 6.49. The van der Waals surface area contributed by atoms with Crippen molar-refractivity contribution in [1.29, 1.82) is 0 Å². The Kier molecular flexibility index (Phi) is 3.91. The zero-order chi connectivity index (χ0) is 14.0. The summed E-state index contributed by atoms with van der Waals surface area (Å²) in [6.07, 6.45) is -3.05. The number of pyridine rings is 1. The van der Waals surface area contributed by atoms with Gasteiger partial charge in [-0.2, -0.15) is 13.2 Å². The van der Waals surface area contributed by atoms with E-state index in [1.54, 1.807) is 0 Å². The highest BCUT2D eigenvalue weighted by Crippen LogP contribution is 2.36. The number of nitrogens with zero attached hydrogens (tertiary/aromatic N) is 1. The van der Waals surface area contributed by atoms with Crippen LogP contribution >= 0.6 is 15.9 Å². The number of halogens is 4. The van der Waals surface area contributed by atoms with E-state index in [0.29, 0.717) is 10.0 Å². The Morgan fingerprint density at radius 1 is 1.16 bits per heavy atom. The number of aromatic nitrogens is 1. The van der Waals surface area contributed by atoms with Gasteiger partial charge in [-0.3, -0.25) is 4.98 Å². The first kappa shape index (κ1) is 14.0. The molecule has 2 aromatic rings. The van der Waals surface area contributed by atoms with Crippen LogP contribution in [0.5, 0.6) is 0 Å². The first-order valence-corrected chi connectivity index (χ1v) is 6.13. The molecule has 0 fully saturated rings. The minimum absolute atomic E-state index is 0.185. The van der Waals surface area contributed by atoms with Crippen LogP contribution in [-0.2, 0) is 6.18 Å². The topological polar surface area (TPSA) is 33.1 Å². The number of alkyl halides is 3. The Balaban J connectivity index is 2.48. The Hall–Kier alpha value is -1.40. The number of rotatable bonds is 2. The predicted molar refractivity (Wildman–Crippen MR) is 67.4 cm³/mol. The fourth-order valence-corrected chi connectivity index (χ4v) is 2.13. The van der Waals surface area contributed by atoms with Gasteiger partial charge in [0.15, 0.2) is 0 Å². The normalized spacial score (nSPS) is 13.3. The second-order valence-corrected chi connectivity index (χ2v) is 4.84. The molecule has 1 unspecified atom stereocenters. The van der Waals surface area contributed by atoms with E-state index in [-0.39, 0.29) is 5.56 Å². The van der Waals surface area contributed by atoms with Crippen molar-refractivity contribution in [1.82, 2.24) is 4.98 Å². The molecule has 0 saturated heterocycles. The van der Waals surface area contributed by atoms with Crippen LogP contribution in [0.25, 0.3) is 0 Å². The second-order valence-electron chi connectivity index (χ2n) is 3.92. The molecule has 1 N–H and O–H groups in total. The minimum Gasteiger partial charge on any atom is -0.384 e. The highest BCUT2D eigenvalue weighted by Gasteiger charge is 2.34. The van der Waals surface area contributed by atoms with Crippen LogP contribution in [0.15, 0.2) is 47.2 Å². The summed E-state index contributed by atoms with van der Waals surface area (Å²) in [5, 5.41) is 10.1. The Morgan fingerprint density at radius 3 is 2.47 bits per heavy atom. The van der Waals surface area contributed by atoms with Gasteiger partial charge in [-0.1, -0.05) is 18.2 Å². The average molecular weight is 332 g/mol. The van der Waals surface area contributed by atoms with Gasteiger partial charge in [-0.25, -0.2) is 0 Å². The number of hydrogen-bond acceptors (Lipinski definition) is 2. The van der Waals surface area contributed by atoms with Crippen LogP contribution in [0.3, 0.4) is 0 Å². The van der Waals surface area contributed by atoms with Crippen molar-refractivity contribution < 1.29 is 18.3 Å². The predicted octanol–water partition coefficient (Wildman–Crippen LogP) is 3.94. The standard InChI is InChI=1S/C13H9BrF3NO/c14-9-5-8(6-18-7-9)12(19)10-3-1-2-4-11(10)13(15,16)17/h1-7,12,19H. The van der Waals surface area contributed by atoms with Crippen LogP contribution < -0.4 is 0 Å². The third-order valence-corrected chi connectivity index (χ3v) is 3.04. The van der Waals surface area contributed by atoms with Gasteiger partial charge in [0.1, 0.15) is 6.10 Å². The van der Waals surface area contributed by atoms with Gasteiger partial charge in [0, 0.05) is 22.4 Å². The lowest BCUT2D eigenvalue weighted by Crippen LogP contribution is -2.12. The smallest absolute Gasteiger partial charge is 0.384 e. The molecule has 0 amide bonds. The van der Waals surface area contributed by atoms with Crippen molar-refractivity contribution in [2.45, 2.75) is 12.3 Å². The lowest BCUT2D eigenvalue weighted by atomic mass is 9.97. The maximum absolute atomic E-state index is 12.9. The molecule has 2 nitrogen and oxygen atoms in total. The first-order chi connectivity index (χ1) is 8.89. The summed E-state index contributed by atoms with van der Waals surface area (Å²) in [5.74, 6) is 0. The molecule has 0 radical (unpaired) electrons. The fraction of sp³-hybridized carbons (Fsp3) is 0.154. The van der Waals surface area contributed by atoms with Gasteiger partial charge in [0.2, 0.25) is 0 Å². The van der Waals surface area contributed by atoms with Gasteiger partial charge in [0.25, 0.3) is 0 Å². The lowest BCUT2D eigenvalue weighted by Gasteiger charge is -2.17. The van der Waals surface area contributed by atoms with Gasteiger partial charge in [-0.15, -0.1) is 0 Å². The molecule has 0 aliphatic heterocycles. The van der Waals surface area contributed by atoms with E-state index in [1.807, 2.05) is 0 Å². The van der Waals surface area contributed by atoms with Crippen molar-refractivity contribution in [3.05, 3.63) is 63.9 Å². The van der Waals surface area contributed by atoms with E-state index in [2.05, 4.69) is 20.9 Å². The van der Waals surface area contributed by atoms with Crippen LogP contribution in [0.2, 0.25) is 0 Å². The van der Waals surface area contributed by atoms with Gasteiger partial charge in [-0.05, 0) is 33.6 Å². The molecular weight excluding hydrogens is 323 g/mol. The van der Waals surface area contributed by atoms with E-state index in [1.165, 1.54) is 36.7 Å². The highest BCUT2D eigenvalue weighted by molar-refractivity contribution is 9.10. The van der Waals surface area contributed by atoms with E-state index in [4.69, 9.17) is 0 Å². The number of aliphatic hydroxyl groups excluding tert-OH is 1. The fourth-order valence-electron chi connectivity index (χ4n) is 1.75. The quantitative estimate of drug-likeness (QED) is 0.904. The third-order valence-electron chi connectivity index (χ3n) is 2.60. The van der Waals surface area contributed by atoms with E-state index in [9.17, 15) is 18.3 Å². The summed E-state index contributed by atoms with van der Waals surface area (Å²) in [5.41, 5.74) is -0.733. The molecule has 0 aliphatic rings. The van der Waals surface area contributed by atoms with Crippen LogP contribution in [0.4, 0.5) is 13.2 Å². The number of hydrogen-bond donors (Lipinski definition) is 1. The number of benzene rings is 1. The molecule has 2 rings (SSSR count). The van der Waals surface area contributed by atoms with Crippen molar-refractivity contribution in [2.24, 2.45) is 0 Å². The molecule has 0 bridgehead atoms. The summed E-state index contributed by atoms with van der Waals surface area (Å²) in [6.45, 7) is 0. The van der Waals surface area contributed by atoms with Crippen molar-refractivity contribution in [3.8, 4) is 0 Å². The molecule has 1 atom stereocenters. The lowest BCUT2D eigenvalue weighted by molar-refractivity contribution is -0.139. The zero-order valence-corrected chi connectivity index (χ0v) is 11.1. The van der Waals surface area contributed by atoms with Crippen molar-refractivity contribution >= 4 is 15.9 Å². The Morgan fingerprint density at radius 2 is 1.84 bits per heavy atom. The molecular formula is C13H9BrF3NO. The molecule has 1 aromatic carbocycles. The SMILES string of the molecule is OC(c1cncc(Br)c1)c1ccccc1C(F)(F)F. The van der Waals surface area contributed by atoms with Crippen LogP contribution in [-0.4, -0.2) is 10.1 Å². The summed E-state index contributed by atoms with van der Waals surface area (Å²) < 4.78 is 39.2. The highest BCUT2D eigenvalue weighted by atomic mass is 79.9. The molecule has 0 aliphatic carbocycles. The zero-order valence-electron chi connectivity index (χ0n) is 9.53.